The van der Waals surface area contributed by atoms with Gasteiger partial charge in [0.25, 0.3) is 0 Å². The van der Waals surface area contributed by atoms with Crippen LogP contribution in [0.25, 0.3) is 0 Å². The van der Waals surface area contributed by atoms with Gasteiger partial charge >= 0.3 is 0 Å². The summed E-state index contributed by atoms with van der Waals surface area (Å²) in [6.45, 7) is 0. The Kier molecular flexibility index (Phi) is 2.70. The maximum Gasteiger partial charge on any atom is 0.0130 e. The summed E-state index contributed by atoms with van der Waals surface area (Å²) in [5.41, 5.74) is 0. The van der Waals surface area contributed by atoms with Crippen LogP contribution >= 0.6 is 30.2 Å². The van der Waals surface area contributed by atoms with E-state index in [0.717, 1.165) is 3.57 Å². The van der Waals surface area contributed by atoms with Crippen LogP contribution < -0.4 is 15.1 Å². The molecule has 60 valence electrons. The van der Waals surface area contributed by atoms with Gasteiger partial charge in [0.15, 0.2) is 0 Å². The van der Waals surface area contributed by atoms with Crippen LogP contribution in [0.3, 0.4) is 0 Å². The monoisotopic (exact) mass is 282 g/mol. The molecule has 1 aromatic carbocycles. The van der Waals surface area contributed by atoms with E-state index in [2.05, 4.69) is 0 Å². The minimum absolute atomic E-state index is 0.155. The Morgan fingerprint density at radius 2 is 1.64 bits per heavy atom. The lowest BCUT2D eigenvalue weighted by Crippen LogP contribution is -2.24. The molecule has 0 aliphatic heterocycles. The molecule has 11 heavy (non-hydrogen) atoms. The van der Waals surface area contributed by atoms with Gasteiger partial charge in [-0.25, -0.2) is 0 Å². The van der Waals surface area contributed by atoms with E-state index in [0.29, 0.717) is 0 Å². The van der Waals surface area contributed by atoms with Crippen molar-refractivity contribution in [1.29, 1.82) is 0 Å². The molecule has 1 rings (SSSR count). The van der Waals surface area contributed by atoms with E-state index in [-0.39, 0.29) is 5.30 Å². The third-order valence-electron chi connectivity index (χ3n) is 1.14. The number of hydrogen-bond acceptors (Lipinski definition) is 3. The first kappa shape index (κ1) is 9.19. The third-order valence-corrected chi connectivity index (χ3v) is 2.79. The van der Waals surface area contributed by atoms with Crippen LogP contribution in [0.1, 0.15) is 0 Å². The van der Waals surface area contributed by atoms with Gasteiger partial charge < -0.3 is 14.4 Å². The van der Waals surface area contributed by atoms with Crippen LogP contribution in [0.5, 0.6) is 0 Å². The molecular weight excluding hydrogens is 278 g/mol. The molecule has 0 amide bonds. The van der Waals surface area contributed by atoms with E-state index in [1.165, 1.54) is 12.1 Å². The topological polar surface area (TPSA) is 63.2 Å². The van der Waals surface area contributed by atoms with Gasteiger partial charge in [-0.1, -0.05) is 12.1 Å². The number of hydrogen-bond donors (Lipinski definition) is 0. The molecule has 0 bridgehead atoms. The summed E-state index contributed by atoms with van der Waals surface area (Å²) in [5, 5.41) is -0.155. The van der Waals surface area contributed by atoms with Crippen molar-refractivity contribution in [2.75, 3.05) is 0 Å². The number of benzene rings is 1. The van der Waals surface area contributed by atoms with Gasteiger partial charge in [-0.05, 0) is 47.6 Å². The minimum Gasteiger partial charge on any atom is -0.807 e. The van der Waals surface area contributed by atoms with E-state index in [4.69, 9.17) is 0 Å². The average molecular weight is 282 g/mol. The average Bonchev–Trinajstić information content (AvgIpc) is 1.86. The lowest BCUT2D eigenvalue weighted by Gasteiger charge is -2.29. The molecule has 5 heteroatoms. The van der Waals surface area contributed by atoms with Gasteiger partial charge in [-0.3, -0.25) is 0 Å². The highest BCUT2D eigenvalue weighted by Crippen LogP contribution is 2.21. The van der Waals surface area contributed by atoms with E-state index in [9.17, 15) is 14.4 Å². The largest absolute Gasteiger partial charge is 0.807 e. The van der Waals surface area contributed by atoms with Gasteiger partial charge in [-0.15, -0.1) is 0 Å². The zero-order valence-electron chi connectivity index (χ0n) is 5.36. The molecule has 0 aliphatic rings. The standard InChI is InChI=1S/C6H6IO3P/c7-5-1-3-6(4-2-5)11(8,9)10/h1-4H,(H2,8,9,10)/p-2. The Morgan fingerprint density at radius 1 is 1.18 bits per heavy atom. The second-order valence-corrected chi connectivity index (χ2v) is 4.73. The first-order chi connectivity index (χ1) is 5.00. The summed E-state index contributed by atoms with van der Waals surface area (Å²) in [7, 11) is -4.54. The molecule has 0 N–H and O–H groups in total. The molecule has 1 aromatic rings. The third kappa shape index (κ3) is 2.56. The predicted molar refractivity (Wildman–Crippen MR) is 46.4 cm³/mol. The molecule has 0 radical (unpaired) electrons. The molecule has 0 unspecified atom stereocenters. The Balaban J connectivity index is 3.09. The molecular formula is C6H4IO3P-2. The van der Waals surface area contributed by atoms with E-state index < -0.39 is 7.60 Å². The minimum atomic E-state index is -4.54. The van der Waals surface area contributed by atoms with E-state index in [1.54, 1.807) is 12.1 Å². The van der Waals surface area contributed by atoms with Gasteiger partial charge in [0, 0.05) is 3.57 Å². The summed E-state index contributed by atoms with van der Waals surface area (Å²) in [6, 6.07) is 5.78. The summed E-state index contributed by atoms with van der Waals surface area (Å²) < 4.78 is 11.3. The van der Waals surface area contributed by atoms with Crippen molar-refractivity contribution in [2.24, 2.45) is 0 Å². The van der Waals surface area contributed by atoms with Gasteiger partial charge in [0.2, 0.25) is 0 Å². The van der Waals surface area contributed by atoms with Crippen molar-refractivity contribution in [1.82, 2.24) is 0 Å². The fourth-order valence-electron chi connectivity index (χ4n) is 0.624. The molecule has 0 atom stereocenters. The Labute approximate surface area is 77.7 Å². The molecule has 0 aliphatic carbocycles. The SMILES string of the molecule is O=P([O-])([O-])c1ccc(I)cc1. The molecule has 0 saturated carbocycles. The van der Waals surface area contributed by atoms with Gasteiger partial charge in [0.05, 0.1) is 0 Å². The first-order valence-electron chi connectivity index (χ1n) is 2.78. The normalized spacial score (nSPS) is 11.5. The van der Waals surface area contributed by atoms with Crippen molar-refractivity contribution in [2.45, 2.75) is 0 Å². The molecule has 3 nitrogen and oxygen atoms in total. The molecule has 0 heterocycles. The summed E-state index contributed by atoms with van der Waals surface area (Å²) in [4.78, 5) is 20.8. The molecule has 0 saturated heterocycles. The molecule has 0 spiro atoms. The van der Waals surface area contributed by atoms with Crippen LogP contribution in [-0.2, 0) is 4.57 Å². The Hall–Kier alpha value is 0.1000. The van der Waals surface area contributed by atoms with Crippen molar-refractivity contribution >= 4 is 35.5 Å². The van der Waals surface area contributed by atoms with E-state index >= 15 is 0 Å². The van der Waals surface area contributed by atoms with Crippen molar-refractivity contribution < 1.29 is 14.4 Å². The predicted octanol–water partition coefficient (Wildman–Crippen LogP) is -0.170. The van der Waals surface area contributed by atoms with Crippen LogP contribution in [-0.4, -0.2) is 0 Å². The van der Waals surface area contributed by atoms with Crippen LogP contribution in [0, 0.1) is 3.57 Å². The highest BCUT2D eigenvalue weighted by Gasteiger charge is 1.94. The highest BCUT2D eigenvalue weighted by atomic mass is 127. The summed E-state index contributed by atoms with van der Waals surface area (Å²) in [6.07, 6.45) is 0. The number of rotatable bonds is 1. The first-order valence-corrected chi connectivity index (χ1v) is 5.40. The van der Waals surface area contributed by atoms with Gasteiger partial charge in [0.1, 0.15) is 0 Å². The summed E-state index contributed by atoms with van der Waals surface area (Å²) in [5.74, 6) is 0. The van der Waals surface area contributed by atoms with Crippen LogP contribution in [0.4, 0.5) is 0 Å². The Morgan fingerprint density at radius 3 is 2.00 bits per heavy atom. The second-order valence-electron chi connectivity index (χ2n) is 1.97. The fraction of sp³-hybridized carbons (Fsp3) is 0. The fourth-order valence-corrected chi connectivity index (χ4v) is 1.50. The van der Waals surface area contributed by atoms with Crippen LogP contribution in [0.15, 0.2) is 24.3 Å². The maximum atomic E-state index is 10.4. The van der Waals surface area contributed by atoms with E-state index in [1.807, 2.05) is 22.6 Å². The van der Waals surface area contributed by atoms with Gasteiger partial charge in [-0.2, -0.15) is 0 Å². The maximum absolute atomic E-state index is 10.4. The van der Waals surface area contributed by atoms with Crippen molar-refractivity contribution in [3.05, 3.63) is 27.8 Å². The highest BCUT2D eigenvalue weighted by molar-refractivity contribution is 14.1. The van der Waals surface area contributed by atoms with Crippen LogP contribution in [0.2, 0.25) is 0 Å². The smallest absolute Gasteiger partial charge is 0.0130 e. The molecule has 0 aromatic heterocycles. The lowest BCUT2D eigenvalue weighted by atomic mass is 10.4. The zero-order valence-corrected chi connectivity index (χ0v) is 8.41. The second kappa shape index (κ2) is 3.23. The number of halogens is 1. The lowest BCUT2D eigenvalue weighted by molar-refractivity contribution is -0.307. The Bertz CT molecular complexity index is 289. The quantitative estimate of drug-likeness (QED) is 0.530. The van der Waals surface area contributed by atoms with Crippen molar-refractivity contribution in [3.63, 3.8) is 0 Å². The molecule has 0 fully saturated rings. The zero-order chi connectivity index (χ0) is 8.48. The van der Waals surface area contributed by atoms with Crippen molar-refractivity contribution in [3.8, 4) is 0 Å². The summed E-state index contributed by atoms with van der Waals surface area (Å²) >= 11 is 2.03.